The number of rotatable bonds is 4. The highest BCUT2D eigenvalue weighted by atomic mass is 35.5. The number of phenolic OH excluding ortho intramolecular Hbond substituents is 1. The van der Waals surface area contributed by atoms with Crippen LogP contribution in [0.5, 0.6) is 5.75 Å². The standard InChI is InChI=1S/C18H19ClOS.C4H10/c1-5-13(15-7-6-8-16(20)18(15)19)17(11(2)3)14-9-10-21-12(14)4;1-3-4-2/h5-10,20H,1-4H3;3-4H2,1-2H3/b13-5+;. The summed E-state index contributed by atoms with van der Waals surface area (Å²) >= 11 is 8.04. The molecule has 3 heteroatoms. The summed E-state index contributed by atoms with van der Waals surface area (Å²) in [6.45, 7) is 12.7. The van der Waals surface area contributed by atoms with Gasteiger partial charge in [0.25, 0.3) is 0 Å². The van der Waals surface area contributed by atoms with Gasteiger partial charge in [-0.3, -0.25) is 0 Å². The van der Waals surface area contributed by atoms with Crippen LogP contribution in [0.25, 0.3) is 11.1 Å². The van der Waals surface area contributed by atoms with Crippen molar-refractivity contribution in [3.8, 4) is 5.75 Å². The van der Waals surface area contributed by atoms with Crippen molar-refractivity contribution in [3.63, 3.8) is 0 Å². The highest BCUT2D eigenvalue weighted by molar-refractivity contribution is 7.10. The third-order valence-corrected chi connectivity index (χ3v) is 5.20. The molecule has 0 amide bonds. The summed E-state index contributed by atoms with van der Waals surface area (Å²) in [5.41, 5.74) is 5.55. The molecule has 0 aliphatic rings. The molecule has 0 saturated carbocycles. The van der Waals surface area contributed by atoms with E-state index in [2.05, 4.69) is 52.1 Å². The average Bonchev–Trinajstić information content (AvgIpc) is 3.01. The normalized spacial score (nSPS) is 10.9. The largest absolute Gasteiger partial charge is 0.506 e. The molecule has 25 heavy (non-hydrogen) atoms. The summed E-state index contributed by atoms with van der Waals surface area (Å²) in [5, 5.41) is 12.4. The van der Waals surface area contributed by atoms with E-state index >= 15 is 0 Å². The van der Waals surface area contributed by atoms with Gasteiger partial charge in [0.1, 0.15) is 5.75 Å². The minimum Gasteiger partial charge on any atom is -0.506 e. The Labute approximate surface area is 161 Å². The molecular weight excluding hydrogens is 348 g/mol. The highest BCUT2D eigenvalue weighted by Crippen LogP contribution is 2.41. The SMILES string of the molecule is C/C=C(/C(=C(C)C)c1ccsc1C)c1cccc(O)c1Cl.CCCC. The summed E-state index contributed by atoms with van der Waals surface area (Å²) in [6.07, 6.45) is 4.69. The van der Waals surface area contributed by atoms with Gasteiger partial charge in [-0.25, -0.2) is 0 Å². The van der Waals surface area contributed by atoms with Gasteiger partial charge >= 0.3 is 0 Å². The van der Waals surface area contributed by atoms with Crippen molar-refractivity contribution in [2.45, 2.75) is 54.4 Å². The highest BCUT2D eigenvalue weighted by Gasteiger charge is 2.17. The number of aromatic hydroxyl groups is 1. The third kappa shape index (κ3) is 5.49. The lowest BCUT2D eigenvalue weighted by Gasteiger charge is -2.16. The fourth-order valence-corrected chi connectivity index (χ4v) is 3.42. The number of aryl methyl sites for hydroxylation is 1. The number of benzene rings is 1. The van der Waals surface area contributed by atoms with E-state index in [-0.39, 0.29) is 5.75 Å². The number of allylic oxidation sites excluding steroid dienone is 4. The van der Waals surface area contributed by atoms with Crippen LogP contribution in [0.2, 0.25) is 5.02 Å². The first-order valence-electron chi connectivity index (χ1n) is 8.75. The Morgan fingerprint density at radius 1 is 1.12 bits per heavy atom. The molecule has 2 rings (SSSR count). The lowest BCUT2D eigenvalue weighted by atomic mass is 9.89. The van der Waals surface area contributed by atoms with Crippen LogP contribution in [0.1, 0.15) is 63.5 Å². The second-order valence-electron chi connectivity index (χ2n) is 6.11. The van der Waals surface area contributed by atoms with Crippen molar-refractivity contribution in [3.05, 3.63) is 62.3 Å². The molecule has 2 aromatic rings. The molecule has 0 saturated heterocycles. The van der Waals surface area contributed by atoms with E-state index in [1.807, 2.05) is 19.1 Å². The summed E-state index contributed by atoms with van der Waals surface area (Å²) in [5.74, 6) is 0.115. The van der Waals surface area contributed by atoms with Gasteiger partial charge in [-0.2, -0.15) is 0 Å². The number of phenols is 1. The van der Waals surface area contributed by atoms with Crippen LogP contribution >= 0.6 is 22.9 Å². The maximum absolute atomic E-state index is 9.88. The van der Waals surface area contributed by atoms with E-state index < -0.39 is 0 Å². The smallest absolute Gasteiger partial charge is 0.134 e. The zero-order valence-corrected chi connectivity index (χ0v) is 17.7. The summed E-state index contributed by atoms with van der Waals surface area (Å²) < 4.78 is 0. The van der Waals surface area contributed by atoms with Gasteiger partial charge in [0.05, 0.1) is 5.02 Å². The van der Waals surface area contributed by atoms with E-state index in [1.54, 1.807) is 17.4 Å². The van der Waals surface area contributed by atoms with Crippen LogP contribution in [0.3, 0.4) is 0 Å². The number of halogens is 1. The van der Waals surface area contributed by atoms with Crippen molar-refractivity contribution >= 4 is 34.1 Å². The van der Waals surface area contributed by atoms with Crippen LogP contribution in [-0.4, -0.2) is 5.11 Å². The quantitative estimate of drug-likeness (QED) is 0.534. The van der Waals surface area contributed by atoms with Gasteiger partial charge in [-0.05, 0) is 61.9 Å². The van der Waals surface area contributed by atoms with E-state index in [0.717, 1.165) is 11.1 Å². The Balaban J connectivity index is 0.000000705. The predicted molar refractivity (Wildman–Crippen MR) is 115 cm³/mol. The minimum atomic E-state index is 0.115. The van der Waals surface area contributed by atoms with E-state index in [4.69, 9.17) is 11.6 Å². The van der Waals surface area contributed by atoms with Gasteiger partial charge < -0.3 is 5.11 Å². The maximum Gasteiger partial charge on any atom is 0.134 e. The molecule has 1 nitrogen and oxygen atoms in total. The van der Waals surface area contributed by atoms with E-state index in [0.29, 0.717) is 5.02 Å². The third-order valence-electron chi connectivity index (χ3n) is 3.95. The molecule has 0 atom stereocenters. The molecule has 0 fully saturated rings. The molecule has 0 radical (unpaired) electrons. The van der Waals surface area contributed by atoms with Crippen LogP contribution in [0.15, 0.2) is 41.3 Å². The molecule has 1 heterocycles. The Hall–Kier alpha value is -1.51. The van der Waals surface area contributed by atoms with Crippen LogP contribution in [0, 0.1) is 6.92 Å². The first kappa shape index (κ1) is 21.5. The van der Waals surface area contributed by atoms with Crippen molar-refractivity contribution in [2.75, 3.05) is 0 Å². The molecule has 1 N–H and O–H groups in total. The Morgan fingerprint density at radius 2 is 1.76 bits per heavy atom. The first-order valence-corrected chi connectivity index (χ1v) is 10.0. The van der Waals surface area contributed by atoms with Crippen molar-refractivity contribution < 1.29 is 5.11 Å². The minimum absolute atomic E-state index is 0.115. The van der Waals surface area contributed by atoms with E-state index in [1.165, 1.54) is 34.4 Å². The second-order valence-corrected chi connectivity index (χ2v) is 7.60. The number of thiophene rings is 1. The zero-order chi connectivity index (χ0) is 19.0. The topological polar surface area (TPSA) is 20.2 Å². The molecule has 1 aromatic carbocycles. The van der Waals surface area contributed by atoms with Crippen LogP contribution < -0.4 is 0 Å². The van der Waals surface area contributed by atoms with Gasteiger partial charge in [0, 0.05) is 10.4 Å². The van der Waals surface area contributed by atoms with Crippen molar-refractivity contribution in [2.24, 2.45) is 0 Å². The molecule has 0 unspecified atom stereocenters. The molecule has 136 valence electrons. The lowest BCUT2D eigenvalue weighted by Crippen LogP contribution is -1.94. The molecule has 0 spiro atoms. The monoisotopic (exact) mass is 376 g/mol. The zero-order valence-electron chi connectivity index (χ0n) is 16.1. The number of unbranched alkanes of at least 4 members (excludes halogenated alkanes) is 1. The average molecular weight is 377 g/mol. The molecule has 0 aliphatic heterocycles. The van der Waals surface area contributed by atoms with Crippen molar-refractivity contribution in [1.82, 2.24) is 0 Å². The molecule has 0 bridgehead atoms. The van der Waals surface area contributed by atoms with Gasteiger partial charge in [-0.1, -0.05) is 62.1 Å². The second kappa shape index (κ2) is 10.5. The number of hydrogen-bond acceptors (Lipinski definition) is 2. The van der Waals surface area contributed by atoms with Gasteiger partial charge in [0.15, 0.2) is 0 Å². The lowest BCUT2D eigenvalue weighted by molar-refractivity contribution is 0.475. The molecular formula is C22H29ClOS. The molecule has 1 aromatic heterocycles. The Kier molecular flexibility index (Phi) is 9.02. The van der Waals surface area contributed by atoms with Crippen molar-refractivity contribution in [1.29, 1.82) is 0 Å². The van der Waals surface area contributed by atoms with Gasteiger partial charge in [0.2, 0.25) is 0 Å². The summed E-state index contributed by atoms with van der Waals surface area (Å²) in [6, 6.07) is 7.52. The van der Waals surface area contributed by atoms with Crippen LogP contribution in [0.4, 0.5) is 0 Å². The molecule has 0 aliphatic carbocycles. The fraction of sp³-hybridized carbons (Fsp3) is 0.364. The Bertz CT molecular complexity index is 747. The summed E-state index contributed by atoms with van der Waals surface area (Å²) in [4.78, 5) is 1.28. The first-order chi connectivity index (χ1) is 11.9. The number of hydrogen-bond donors (Lipinski definition) is 1. The fourth-order valence-electron chi connectivity index (χ4n) is 2.49. The van der Waals surface area contributed by atoms with Crippen LogP contribution in [-0.2, 0) is 0 Å². The Morgan fingerprint density at radius 3 is 2.20 bits per heavy atom. The summed E-state index contributed by atoms with van der Waals surface area (Å²) in [7, 11) is 0. The maximum atomic E-state index is 9.88. The van der Waals surface area contributed by atoms with Gasteiger partial charge in [-0.15, -0.1) is 11.3 Å². The predicted octanol–water partition coefficient (Wildman–Crippen LogP) is 8.12. The van der Waals surface area contributed by atoms with E-state index in [9.17, 15) is 5.11 Å².